The zero-order valence-corrected chi connectivity index (χ0v) is 16.8. The van der Waals surface area contributed by atoms with E-state index in [0.717, 1.165) is 63.6 Å². The van der Waals surface area contributed by atoms with Crippen LogP contribution < -0.4 is 4.74 Å². The van der Waals surface area contributed by atoms with Gasteiger partial charge >= 0.3 is 0 Å². The van der Waals surface area contributed by atoms with Crippen LogP contribution in [0.1, 0.15) is 55.8 Å². The number of piperidine rings is 1. The smallest absolute Gasteiger partial charge is 0.232 e. The van der Waals surface area contributed by atoms with Crippen molar-refractivity contribution in [2.75, 3.05) is 26.3 Å². The Morgan fingerprint density at radius 2 is 2.07 bits per heavy atom. The third kappa shape index (κ3) is 4.52. The highest BCUT2D eigenvalue weighted by Crippen LogP contribution is 2.38. The van der Waals surface area contributed by atoms with E-state index in [-0.39, 0.29) is 12.0 Å². The van der Waals surface area contributed by atoms with Crippen molar-refractivity contribution >= 4 is 0 Å². The molecule has 152 valence electrons. The van der Waals surface area contributed by atoms with Gasteiger partial charge in [-0.2, -0.15) is 4.98 Å². The van der Waals surface area contributed by atoms with Crippen molar-refractivity contribution in [1.29, 1.82) is 0 Å². The van der Waals surface area contributed by atoms with Gasteiger partial charge < -0.3 is 14.0 Å². The van der Waals surface area contributed by atoms with Gasteiger partial charge in [-0.05, 0) is 70.2 Å². The van der Waals surface area contributed by atoms with Crippen LogP contribution in [0.4, 0.5) is 0 Å². The van der Waals surface area contributed by atoms with Crippen LogP contribution >= 0.6 is 0 Å². The van der Waals surface area contributed by atoms with E-state index < -0.39 is 0 Å². The van der Waals surface area contributed by atoms with Gasteiger partial charge in [0.2, 0.25) is 5.89 Å². The number of aryl methyl sites for hydroxylation is 1. The average molecular weight is 386 g/mol. The molecular weight excluding hydrogens is 356 g/mol. The van der Waals surface area contributed by atoms with Crippen LogP contribution in [-0.2, 0) is 11.3 Å². The van der Waals surface area contributed by atoms with Crippen molar-refractivity contribution in [3.63, 3.8) is 0 Å². The SMILES string of the molecule is CCOc1cncc(CN2CCC([C@@H]3OCCC[C@H]3c3nc(C)no3)CC2)c1. The minimum absolute atomic E-state index is 0.193. The fourth-order valence-electron chi connectivity index (χ4n) is 4.49. The summed E-state index contributed by atoms with van der Waals surface area (Å²) in [6.45, 7) is 8.42. The van der Waals surface area contributed by atoms with Crippen LogP contribution in [0, 0.1) is 12.8 Å². The number of pyridine rings is 1. The number of likely N-dealkylation sites (tertiary alicyclic amines) is 1. The summed E-state index contributed by atoms with van der Waals surface area (Å²) in [5, 5.41) is 3.98. The molecule has 2 aromatic rings. The highest BCUT2D eigenvalue weighted by molar-refractivity contribution is 5.23. The fraction of sp³-hybridized carbons (Fsp3) is 0.667. The predicted molar refractivity (Wildman–Crippen MR) is 104 cm³/mol. The van der Waals surface area contributed by atoms with Crippen LogP contribution in [-0.4, -0.2) is 52.4 Å². The zero-order valence-electron chi connectivity index (χ0n) is 16.8. The Balaban J connectivity index is 1.34. The summed E-state index contributed by atoms with van der Waals surface area (Å²) >= 11 is 0. The first-order valence-electron chi connectivity index (χ1n) is 10.4. The second-order valence-corrected chi connectivity index (χ2v) is 7.84. The number of rotatable bonds is 6. The first-order valence-corrected chi connectivity index (χ1v) is 10.4. The molecule has 2 aliphatic rings. The highest BCUT2D eigenvalue weighted by atomic mass is 16.5. The Kier molecular flexibility index (Phi) is 6.22. The van der Waals surface area contributed by atoms with Gasteiger partial charge in [-0.1, -0.05) is 5.16 Å². The maximum atomic E-state index is 6.22. The van der Waals surface area contributed by atoms with E-state index in [0.29, 0.717) is 18.3 Å². The maximum Gasteiger partial charge on any atom is 0.232 e. The standard InChI is InChI=1S/C21H30N4O3/c1-3-26-18-11-16(12-22-13-18)14-25-8-6-17(7-9-25)20-19(5-4-10-27-20)21-23-15(2)24-28-21/h11-13,17,19-20H,3-10,14H2,1-2H3/t19-,20+/m1/s1. The zero-order chi connectivity index (χ0) is 19.3. The molecule has 0 spiro atoms. The monoisotopic (exact) mass is 386 g/mol. The second-order valence-electron chi connectivity index (χ2n) is 7.84. The first-order chi connectivity index (χ1) is 13.7. The van der Waals surface area contributed by atoms with E-state index in [1.54, 1.807) is 6.20 Å². The summed E-state index contributed by atoms with van der Waals surface area (Å²) in [6, 6.07) is 2.10. The Labute approximate surface area is 166 Å². The van der Waals surface area contributed by atoms with Crippen molar-refractivity contribution in [2.24, 2.45) is 5.92 Å². The molecule has 0 N–H and O–H groups in total. The summed E-state index contributed by atoms with van der Waals surface area (Å²) in [5.41, 5.74) is 1.21. The van der Waals surface area contributed by atoms with Gasteiger partial charge in [0.15, 0.2) is 5.82 Å². The molecule has 2 aromatic heterocycles. The molecule has 2 atom stereocenters. The Bertz CT molecular complexity index is 758. The molecule has 0 amide bonds. The number of aromatic nitrogens is 3. The van der Waals surface area contributed by atoms with Crippen LogP contribution in [0.5, 0.6) is 5.75 Å². The summed E-state index contributed by atoms with van der Waals surface area (Å²) < 4.78 is 17.3. The predicted octanol–water partition coefficient (Wildman–Crippen LogP) is 3.35. The van der Waals surface area contributed by atoms with E-state index in [1.165, 1.54) is 5.56 Å². The number of hydrogen-bond acceptors (Lipinski definition) is 7. The van der Waals surface area contributed by atoms with Gasteiger partial charge in [-0.15, -0.1) is 0 Å². The van der Waals surface area contributed by atoms with Crippen molar-refractivity contribution in [3.05, 3.63) is 35.7 Å². The molecule has 7 heteroatoms. The summed E-state index contributed by atoms with van der Waals surface area (Å²) in [5.74, 6) is 3.09. The normalized spacial score (nSPS) is 24.4. The average Bonchev–Trinajstić information content (AvgIpc) is 3.15. The lowest BCUT2D eigenvalue weighted by molar-refractivity contribution is -0.0584. The summed E-state index contributed by atoms with van der Waals surface area (Å²) in [7, 11) is 0. The Hall–Kier alpha value is -1.99. The third-order valence-corrected chi connectivity index (χ3v) is 5.81. The molecule has 0 bridgehead atoms. The summed E-state index contributed by atoms with van der Waals surface area (Å²) in [6.07, 6.45) is 8.30. The molecule has 28 heavy (non-hydrogen) atoms. The van der Waals surface area contributed by atoms with Crippen LogP contribution in [0.3, 0.4) is 0 Å². The molecule has 2 saturated heterocycles. The quantitative estimate of drug-likeness (QED) is 0.754. The molecule has 0 unspecified atom stereocenters. The van der Waals surface area contributed by atoms with Crippen molar-refractivity contribution < 1.29 is 14.0 Å². The summed E-state index contributed by atoms with van der Waals surface area (Å²) in [4.78, 5) is 11.3. The van der Waals surface area contributed by atoms with Crippen LogP contribution in [0.15, 0.2) is 23.0 Å². The van der Waals surface area contributed by atoms with Crippen molar-refractivity contribution in [3.8, 4) is 5.75 Å². The van der Waals surface area contributed by atoms with Gasteiger partial charge in [-0.25, -0.2) is 0 Å². The topological polar surface area (TPSA) is 73.5 Å². The molecule has 7 nitrogen and oxygen atoms in total. The largest absolute Gasteiger partial charge is 0.492 e. The number of hydrogen-bond donors (Lipinski definition) is 0. The molecule has 2 aliphatic heterocycles. The van der Waals surface area contributed by atoms with Gasteiger partial charge in [-0.3, -0.25) is 9.88 Å². The van der Waals surface area contributed by atoms with Crippen molar-refractivity contribution in [2.45, 2.75) is 58.1 Å². The van der Waals surface area contributed by atoms with E-state index in [2.05, 4.69) is 26.1 Å². The van der Waals surface area contributed by atoms with Crippen LogP contribution in [0.25, 0.3) is 0 Å². The first kappa shape index (κ1) is 19.3. The molecule has 4 heterocycles. The van der Waals surface area contributed by atoms with E-state index in [1.807, 2.05) is 20.0 Å². The minimum atomic E-state index is 0.193. The lowest BCUT2D eigenvalue weighted by Crippen LogP contribution is -2.42. The van der Waals surface area contributed by atoms with Gasteiger partial charge in [0.05, 0.1) is 24.8 Å². The van der Waals surface area contributed by atoms with Crippen LogP contribution in [0.2, 0.25) is 0 Å². The molecule has 0 saturated carbocycles. The molecule has 2 fully saturated rings. The van der Waals surface area contributed by atoms with Crippen molar-refractivity contribution in [1.82, 2.24) is 20.0 Å². The van der Waals surface area contributed by atoms with E-state index in [4.69, 9.17) is 14.0 Å². The highest BCUT2D eigenvalue weighted by Gasteiger charge is 2.38. The lowest BCUT2D eigenvalue weighted by Gasteiger charge is -2.40. The molecule has 4 rings (SSSR count). The second kappa shape index (κ2) is 9.01. The third-order valence-electron chi connectivity index (χ3n) is 5.81. The molecule has 0 aliphatic carbocycles. The van der Waals surface area contributed by atoms with Gasteiger partial charge in [0.1, 0.15) is 5.75 Å². The van der Waals surface area contributed by atoms with Gasteiger partial charge in [0, 0.05) is 19.3 Å². The van der Waals surface area contributed by atoms with E-state index >= 15 is 0 Å². The molecule has 0 radical (unpaired) electrons. The lowest BCUT2D eigenvalue weighted by atomic mass is 9.80. The van der Waals surface area contributed by atoms with Gasteiger partial charge in [0.25, 0.3) is 0 Å². The maximum absolute atomic E-state index is 6.22. The number of nitrogens with zero attached hydrogens (tertiary/aromatic N) is 4. The van der Waals surface area contributed by atoms with E-state index in [9.17, 15) is 0 Å². The molecular formula is C21H30N4O3. The number of ether oxygens (including phenoxy) is 2. The Morgan fingerprint density at radius 3 is 2.82 bits per heavy atom. The minimum Gasteiger partial charge on any atom is -0.492 e. The Morgan fingerprint density at radius 1 is 1.21 bits per heavy atom. The molecule has 0 aromatic carbocycles. The fourth-order valence-corrected chi connectivity index (χ4v) is 4.49.